The van der Waals surface area contributed by atoms with Crippen LogP contribution in [0.25, 0.3) is 0 Å². The molecule has 10 nitrogen and oxygen atoms in total. The highest BCUT2D eigenvalue weighted by molar-refractivity contribution is 5.90. The van der Waals surface area contributed by atoms with Crippen molar-refractivity contribution >= 4 is 11.8 Å². The lowest BCUT2D eigenvalue weighted by Crippen LogP contribution is -2.70. The Morgan fingerprint density at radius 1 is 0.526 bits per heavy atom. The van der Waals surface area contributed by atoms with Crippen molar-refractivity contribution in [2.75, 3.05) is 13.2 Å². The van der Waals surface area contributed by atoms with Gasteiger partial charge in [-0.1, -0.05) is 121 Å². The Hall–Kier alpha value is -4.42. The Labute approximate surface area is 334 Å². The summed E-state index contributed by atoms with van der Waals surface area (Å²) in [6.45, 7) is 6.25. The molecule has 298 valence electrons. The van der Waals surface area contributed by atoms with Gasteiger partial charge in [-0.3, -0.25) is 9.59 Å². The van der Waals surface area contributed by atoms with E-state index >= 15 is 0 Å². The second kappa shape index (κ2) is 16.4. The molecule has 5 heterocycles. The Balaban J connectivity index is 0.915. The highest BCUT2D eigenvalue weighted by Crippen LogP contribution is 2.52. The third-order valence-electron chi connectivity index (χ3n) is 12.4. The molecule has 0 bridgehead atoms. The van der Waals surface area contributed by atoms with Crippen molar-refractivity contribution < 1.29 is 38.0 Å². The quantitative estimate of drug-likeness (QED) is 0.122. The molecule has 4 aromatic carbocycles. The van der Waals surface area contributed by atoms with Gasteiger partial charge in [-0.2, -0.15) is 0 Å². The Morgan fingerprint density at radius 3 is 1.21 bits per heavy atom. The lowest BCUT2D eigenvalue weighted by molar-refractivity contribution is -0.180. The molecular weight excluding hydrogens is 721 g/mol. The van der Waals surface area contributed by atoms with E-state index < -0.39 is 29.8 Å². The molecule has 10 heteroatoms. The Morgan fingerprint density at radius 2 is 0.860 bits per heavy atom. The van der Waals surface area contributed by atoms with Crippen LogP contribution >= 0.6 is 0 Å². The van der Waals surface area contributed by atoms with Crippen molar-refractivity contribution in [2.45, 2.75) is 107 Å². The average Bonchev–Trinajstić information content (AvgIpc) is 3.83. The zero-order valence-electron chi connectivity index (χ0n) is 32.6. The van der Waals surface area contributed by atoms with Gasteiger partial charge in [0.05, 0.1) is 75.8 Å². The maximum atomic E-state index is 14.4. The van der Waals surface area contributed by atoms with Gasteiger partial charge in [0, 0.05) is 12.1 Å². The van der Waals surface area contributed by atoms with E-state index in [1.807, 2.05) is 145 Å². The lowest BCUT2D eigenvalue weighted by atomic mass is 9.74. The van der Waals surface area contributed by atoms with Crippen LogP contribution in [0.3, 0.4) is 0 Å². The first-order valence-electron chi connectivity index (χ1n) is 20.4. The fourth-order valence-corrected chi connectivity index (χ4v) is 9.79. The third kappa shape index (κ3) is 7.79. The number of rotatable bonds is 16. The van der Waals surface area contributed by atoms with Crippen molar-refractivity contribution in [3.63, 3.8) is 0 Å². The first-order chi connectivity index (χ1) is 27.8. The van der Waals surface area contributed by atoms with Gasteiger partial charge in [0.2, 0.25) is 11.8 Å². The van der Waals surface area contributed by atoms with Crippen LogP contribution in [0.1, 0.15) is 48.9 Å². The van der Waals surface area contributed by atoms with Crippen LogP contribution in [-0.2, 0) is 64.4 Å². The van der Waals surface area contributed by atoms with E-state index in [4.69, 9.17) is 28.4 Å². The number of hydrogen-bond acceptors (Lipinski definition) is 8. The van der Waals surface area contributed by atoms with Crippen LogP contribution in [0.4, 0.5) is 0 Å². The van der Waals surface area contributed by atoms with Gasteiger partial charge in [-0.05, 0) is 48.9 Å². The van der Waals surface area contributed by atoms with Gasteiger partial charge in [0.15, 0.2) is 5.79 Å². The summed E-state index contributed by atoms with van der Waals surface area (Å²) in [6, 6.07) is 39.6. The zero-order valence-corrected chi connectivity index (χ0v) is 32.6. The van der Waals surface area contributed by atoms with Gasteiger partial charge in [-0.25, -0.2) is 0 Å². The molecule has 5 fully saturated rings. The van der Waals surface area contributed by atoms with E-state index in [2.05, 4.69) is 0 Å². The monoisotopic (exact) mass is 772 g/mol. The van der Waals surface area contributed by atoms with E-state index in [-0.39, 0.29) is 48.2 Å². The number of nitrogens with zero attached hydrogens (tertiary/aromatic N) is 2. The van der Waals surface area contributed by atoms with Gasteiger partial charge in [0.1, 0.15) is 12.2 Å². The van der Waals surface area contributed by atoms with Gasteiger partial charge in [0.25, 0.3) is 0 Å². The van der Waals surface area contributed by atoms with Crippen molar-refractivity contribution in [2.24, 2.45) is 11.8 Å². The predicted octanol–water partition coefficient (Wildman–Crippen LogP) is 6.31. The van der Waals surface area contributed by atoms with Crippen molar-refractivity contribution in [1.82, 2.24) is 9.80 Å². The first kappa shape index (κ1) is 38.1. The molecule has 0 aliphatic carbocycles. The van der Waals surface area contributed by atoms with E-state index in [0.29, 0.717) is 52.5 Å². The zero-order chi connectivity index (χ0) is 38.9. The summed E-state index contributed by atoms with van der Waals surface area (Å²) in [5.74, 6) is -1.88. The number of benzene rings is 4. The number of hydrogen-bond donors (Lipinski definition) is 0. The minimum absolute atomic E-state index is 0.00160. The number of carbonyl (C=O) groups is 2. The van der Waals surface area contributed by atoms with Crippen molar-refractivity contribution in [1.29, 1.82) is 0 Å². The summed E-state index contributed by atoms with van der Waals surface area (Å²) in [5, 5.41) is 0. The summed E-state index contributed by atoms with van der Waals surface area (Å²) in [7, 11) is 0. The average molecular weight is 773 g/mol. The number of ether oxygens (including phenoxy) is 6. The van der Waals surface area contributed by atoms with Crippen LogP contribution in [0.2, 0.25) is 0 Å². The summed E-state index contributed by atoms with van der Waals surface area (Å²) >= 11 is 0. The first-order valence-corrected chi connectivity index (χ1v) is 20.4. The second-order valence-corrected chi connectivity index (χ2v) is 16.5. The summed E-state index contributed by atoms with van der Waals surface area (Å²) in [4.78, 5) is 32.7. The molecule has 5 saturated heterocycles. The smallest absolute Gasteiger partial charge is 0.231 e. The largest absolute Gasteiger partial charge is 0.375 e. The molecule has 5 aliphatic rings. The molecule has 0 spiro atoms. The second-order valence-electron chi connectivity index (χ2n) is 16.5. The lowest BCUT2D eigenvalue weighted by Gasteiger charge is -2.51. The van der Waals surface area contributed by atoms with Crippen LogP contribution in [0.5, 0.6) is 0 Å². The molecule has 5 aliphatic heterocycles. The van der Waals surface area contributed by atoms with Crippen LogP contribution < -0.4 is 0 Å². The fraction of sp³-hybridized carbons (Fsp3) is 0.447. The molecule has 57 heavy (non-hydrogen) atoms. The van der Waals surface area contributed by atoms with Crippen LogP contribution in [0, 0.1) is 11.8 Å². The molecule has 9 rings (SSSR count). The molecular formula is C47H52N2O8. The van der Waals surface area contributed by atoms with Crippen molar-refractivity contribution in [3.8, 4) is 0 Å². The Kier molecular flexibility index (Phi) is 11.0. The van der Waals surface area contributed by atoms with E-state index in [1.165, 1.54) is 0 Å². The maximum Gasteiger partial charge on any atom is 0.231 e. The molecule has 0 aromatic heterocycles. The highest BCUT2D eigenvalue weighted by atomic mass is 16.8. The summed E-state index contributed by atoms with van der Waals surface area (Å²) in [6.07, 6.45) is -0.298. The van der Waals surface area contributed by atoms with E-state index in [0.717, 1.165) is 22.3 Å². The topological polar surface area (TPSA) is 96.0 Å². The molecule has 4 aromatic rings. The summed E-state index contributed by atoms with van der Waals surface area (Å²) < 4.78 is 38.9. The molecule has 10 atom stereocenters. The molecule has 2 amide bonds. The number of amides is 2. The molecule has 0 radical (unpaired) electrons. The standard InChI is InChI=1S/C47H52N2O8/c1-47(2)56-43(41-35-23-39(54-27-33-19-11-5-12-20-33)37(48(35)45(41)50)29-52-25-31-15-7-3-8-16-31)44(57-47)42-36-24-40(55-28-34-21-13-6-14-22-34)38(49(36)46(42)51)30-53-26-32-17-9-4-10-18-32/h3-22,35-44H,23-30H2,1-2H3/t35-,36-,37+,38+,39+,40+,41-,42-,43-,44-/m1/s1. The molecule has 0 saturated carbocycles. The van der Waals surface area contributed by atoms with Gasteiger partial charge < -0.3 is 38.2 Å². The minimum Gasteiger partial charge on any atom is -0.375 e. The predicted molar refractivity (Wildman–Crippen MR) is 211 cm³/mol. The molecule has 0 N–H and O–H groups in total. The molecule has 0 unspecified atom stereocenters. The van der Waals surface area contributed by atoms with Crippen LogP contribution in [-0.4, -0.2) is 89.2 Å². The minimum atomic E-state index is -0.962. The van der Waals surface area contributed by atoms with Crippen LogP contribution in [0.15, 0.2) is 121 Å². The number of fused-ring (bicyclic) bond motifs is 2. The third-order valence-corrected chi connectivity index (χ3v) is 12.4. The van der Waals surface area contributed by atoms with E-state index in [1.54, 1.807) is 0 Å². The SMILES string of the molecule is CC1(C)O[C@H]([C@@H]2C(=O)N3[C@@H]2C[C@H](OCc2ccccc2)[C@@H]3COCc2ccccc2)[C@@H]([C@@H]2C(=O)N3[C@@H]2C[C@H](OCc2ccccc2)[C@@H]3COCc2ccccc2)O1. The summed E-state index contributed by atoms with van der Waals surface area (Å²) in [5.41, 5.74) is 4.30. The number of β-lactam (4-membered cyclic amide) rings is 2. The fourth-order valence-electron chi connectivity index (χ4n) is 9.79. The maximum absolute atomic E-state index is 14.4. The van der Waals surface area contributed by atoms with Gasteiger partial charge in [-0.15, -0.1) is 0 Å². The van der Waals surface area contributed by atoms with Crippen molar-refractivity contribution in [3.05, 3.63) is 144 Å². The normalized spacial score (nSPS) is 31.2. The van der Waals surface area contributed by atoms with Gasteiger partial charge >= 0.3 is 0 Å². The Bertz CT molecular complexity index is 1830. The highest BCUT2D eigenvalue weighted by Gasteiger charge is 2.69. The van der Waals surface area contributed by atoms with E-state index in [9.17, 15) is 9.59 Å². The number of carbonyl (C=O) groups excluding carboxylic acids is 2.